The molecule has 5 nitrogen and oxygen atoms in total. The van der Waals surface area contributed by atoms with E-state index in [1.165, 1.54) is 12.1 Å². The third-order valence-corrected chi connectivity index (χ3v) is 6.62. The highest BCUT2D eigenvalue weighted by Crippen LogP contribution is 2.43. The van der Waals surface area contributed by atoms with Crippen LogP contribution in [0.3, 0.4) is 0 Å². The highest BCUT2D eigenvalue weighted by molar-refractivity contribution is 7.89. The number of hydrogen-bond donors (Lipinski definition) is 2. The average molecular weight is 348 g/mol. The molecular weight excluding hydrogens is 324 g/mol. The molecule has 1 amide bonds. The monoisotopic (exact) mass is 348 g/mol. The number of sulfonamides is 1. The Bertz CT molecular complexity index is 740. The van der Waals surface area contributed by atoms with E-state index in [0.29, 0.717) is 17.5 Å². The number of hydrogen-bond acceptors (Lipinski definition) is 3. The second-order valence-corrected chi connectivity index (χ2v) is 8.54. The molecule has 0 aromatic heterocycles. The first-order valence-electron chi connectivity index (χ1n) is 8.50. The zero-order valence-electron chi connectivity index (χ0n) is 14.0. The lowest BCUT2D eigenvalue weighted by atomic mass is 9.93. The van der Waals surface area contributed by atoms with Crippen LogP contribution < -0.4 is 10.0 Å². The molecule has 2 aliphatic rings. The third kappa shape index (κ3) is 3.54. The predicted octanol–water partition coefficient (Wildman–Crippen LogP) is 2.91. The van der Waals surface area contributed by atoms with E-state index in [0.717, 1.165) is 19.3 Å². The maximum atomic E-state index is 12.4. The van der Waals surface area contributed by atoms with Gasteiger partial charge in [0.1, 0.15) is 0 Å². The summed E-state index contributed by atoms with van der Waals surface area (Å²) in [6.07, 6.45) is 7.08. The summed E-state index contributed by atoms with van der Waals surface area (Å²) in [6.45, 7) is 3.76. The zero-order valence-corrected chi connectivity index (χ0v) is 14.8. The number of carbonyl (C=O) groups excluding carboxylic acids is 1. The maximum absolute atomic E-state index is 12.4. The van der Waals surface area contributed by atoms with Crippen LogP contribution in [0.15, 0.2) is 41.3 Å². The van der Waals surface area contributed by atoms with Crippen molar-refractivity contribution in [1.29, 1.82) is 0 Å². The van der Waals surface area contributed by atoms with Gasteiger partial charge in [0.05, 0.1) is 4.90 Å². The summed E-state index contributed by atoms with van der Waals surface area (Å²) in [5.74, 6) is 0.968. The van der Waals surface area contributed by atoms with Crippen molar-refractivity contribution in [3.05, 3.63) is 36.4 Å². The lowest BCUT2D eigenvalue weighted by Gasteiger charge is -2.18. The van der Waals surface area contributed by atoms with E-state index in [1.807, 2.05) is 13.8 Å². The summed E-state index contributed by atoms with van der Waals surface area (Å²) >= 11 is 0. The van der Waals surface area contributed by atoms with Crippen molar-refractivity contribution in [2.75, 3.05) is 5.32 Å². The van der Waals surface area contributed by atoms with Crippen molar-refractivity contribution in [3.8, 4) is 0 Å². The van der Waals surface area contributed by atoms with Gasteiger partial charge in [0.2, 0.25) is 15.9 Å². The topological polar surface area (TPSA) is 75.3 Å². The van der Waals surface area contributed by atoms with Gasteiger partial charge in [0.15, 0.2) is 0 Å². The van der Waals surface area contributed by atoms with Crippen LogP contribution in [0.2, 0.25) is 0 Å². The summed E-state index contributed by atoms with van der Waals surface area (Å²) in [7, 11) is -3.51. The van der Waals surface area contributed by atoms with Gasteiger partial charge in [-0.3, -0.25) is 4.79 Å². The SMILES string of the molecule is CC[C@@H](C)NS(=O)(=O)c1ccc(NC(=O)[C@H]2C[C@H]3C=C[C@H]2C3)cc1. The summed E-state index contributed by atoms with van der Waals surface area (Å²) in [4.78, 5) is 12.6. The minimum Gasteiger partial charge on any atom is -0.326 e. The van der Waals surface area contributed by atoms with E-state index in [9.17, 15) is 13.2 Å². The van der Waals surface area contributed by atoms with Gasteiger partial charge < -0.3 is 5.32 Å². The fourth-order valence-electron chi connectivity index (χ4n) is 3.45. The second kappa shape index (κ2) is 6.69. The molecule has 0 unspecified atom stereocenters. The Morgan fingerprint density at radius 2 is 1.92 bits per heavy atom. The van der Waals surface area contributed by atoms with Crippen molar-refractivity contribution < 1.29 is 13.2 Å². The van der Waals surface area contributed by atoms with Gasteiger partial charge in [-0.25, -0.2) is 13.1 Å². The molecule has 1 fully saturated rings. The minimum atomic E-state index is -3.51. The third-order valence-electron chi connectivity index (χ3n) is 5.02. The van der Waals surface area contributed by atoms with Crippen molar-refractivity contribution in [2.45, 2.75) is 44.0 Å². The van der Waals surface area contributed by atoms with Crippen LogP contribution in [0, 0.1) is 17.8 Å². The quantitative estimate of drug-likeness (QED) is 0.776. The van der Waals surface area contributed by atoms with Crippen LogP contribution >= 0.6 is 0 Å². The van der Waals surface area contributed by atoms with Crippen LogP contribution in [-0.4, -0.2) is 20.4 Å². The zero-order chi connectivity index (χ0) is 17.3. The summed E-state index contributed by atoms with van der Waals surface area (Å²) in [6, 6.07) is 6.24. The van der Waals surface area contributed by atoms with Crippen molar-refractivity contribution in [1.82, 2.24) is 4.72 Å². The second-order valence-electron chi connectivity index (χ2n) is 6.83. The lowest BCUT2D eigenvalue weighted by Crippen LogP contribution is -2.32. The fraction of sp³-hybridized carbons (Fsp3) is 0.500. The standard InChI is InChI=1S/C18H24N2O3S/c1-3-12(2)20-24(22,23)16-8-6-15(7-9-16)19-18(21)17-11-13-4-5-14(17)10-13/h4-9,12-14,17,20H,3,10-11H2,1-2H3,(H,19,21)/t12-,13+,14+,17+/m1/s1. The highest BCUT2D eigenvalue weighted by Gasteiger charge is 2.39. The van der Waals surface area contributed by atoms with E-state index >= 15 is 0 Å². The first kappa shape index (κ1) is 17.2. The molecule has 0 aliphatic heterocycles. The van der Waals surface area contributed by atoms with Crippen molar-refractivity contribution >= 4 is 21.6 Å². The van der Waals surface area contributed by atoms with Gasteiger partial charge in [0.25, 0.3) is 0 Å². The largest absolute Gasteiger partial charge is 0.326 e. The molecule has 0 spiro atoms. The smallest absolute Gasteiger partial charge is 0.240 e. The van der Waals surface area contributed by atoms with Gasteiger partial charge in [-0.15, -0.1) is 0 Å². The summed E-state index contributed by atoms with van der Waals surface area (Å²) < 4.78 is 27.1. The van der Waals surface area contributed by atoms with E-state index in [-0.39, 0.29) is 22.8 Å². The Labute approximate surface area is 143 Å². The Morgan fingerprint density at radius 3 is 2.46 bits per heavy atom. The number of allylic oxidation sites excluding steroid dienone is 2. The van der Waals surface area contributed by atoms with E-state index in [4.69, 9.17) is 0 Å². The van der Waals surface area contributed by atoms with Gasteiger partial charge >= 0.3 is 0 Å². The summed E-state index contributed by atoms with van der Waals surface area (Å²) in [5, 5.41) is 2.91. The number of fused-ring (bicyclic) bond motifs is 2. The Morgan fingerprint density at radius 1 is 1.21 bits per heavy atom. The van der Waals surface area contributed by atoms with Crippen LogP contribution in [0.1, 0.15) is 33.1 Å². The number of amides is 1. The molecule has 1 saturated carbocycles. The normalized spacial score (nSPS) is 26.5. The van der Waals surface area contributed by atoms with Crippen LogP contribution in [0.4, 0.5) is 5.69 Å². The molecule has 1 aromatic rings. The molecule has 6 heteroatoms. The number of rotatable bonds is 6. The van der Waals surface area contributed by atoms with E-state index in [2.05, 4.69) is 22.2 Å². The fourth-order valence-corrected chi connectivity index (χ4v) is 4.78. The van der Waals surface area contributed by atoms with Crippen molar-refractivity contribution in [3.63, 3.8) is 0 Å². The van der Waals surface area contributed by atoms with Crippen LogP contribution in [0.25, 0.3) is 0 Å². The minimum absolute atomic E-state index is 0.0280. The molecular formula is C18H24N2O3S. The predicted molar refractivity (Wildman–Crippen MR) is 94.0 cm³/mol. The van der Waals surface area contributed by atoms with E-state index in [1.54, 1.807) is 12.1 Å². The lowest BCUT2D eigenvalue weighted by molar-refractivity contribution is -0.120. The Balaban J connectivity index is 1.64. The number of benzene rings is 1. The maximum Gasteiger partial charge on any atom is 0.240 e. The molecule has 0 radical (unpaired) electrons. The molecule has 0 saturated heterocycles. The molecule has 0 heterocycles. The summed E-state index contributed by atoms with van der Waals surface area (Å²) in [5.41, 5.74) is 0.634. The molecule has 24 heavy (non-hydrogen) atoms. The Kier molecular flexibility index (Phi) is 4.78. The van der Waals surface area contributed by atoms with E-state index < -0.39 is 10.0 Å². The van der Waals surface area contributed by atoms with Gasteiger partial charge in [-0.2, -0.15) is 0 Å². The molecule has 130 valence electrons. The number of carbonyl (C=O) groups is 1. The van der Waals surface area contributed by atoms with Gasteiger partial charge in [-0.1, -0.05) is 19.1 Å². The molecule has 1 aromatic carbocycles. The van der Waals surface area contributed by atoms with Gasteiger partial charge in [-0.05, 0) is 62.3 Å². The average Bonchev–Trinajstić information content (AvgIpc) is 3.18. The number of nitrogens with one attached hydrogen (secondary N) is 2. The van der Waals surface area contributed by atoms with Crippen molar-refractivity contribution in [2.24, 2.45) is 17.8 Å². The molecule has 4 atom stereocenters. The highest BCUT2D eigenvalue weighted by atomic mass is 32.2. The first-order valence-corrected chi connectivity index (χ1v) is 9.99. The molecule has 3 rings (SSSR count). The molecule has 2 bridgehead atoms. The van der Waals surface area contributed by atoms with Crippen LogP contribution in [-0.2, 0) is 14.8 Å². The Hall–Kier alpha value is -1.66. The molecule has 2 aliphatic carbocycles. The first-order chi connectivity index (χ1) is 11.4. The molecule has 2 N–H and O–H groups in total. The van der Waals surface area contributed by atoms with Crippen LogP contribution in [0.5, 0.6) is 0 Å². The number of anilines is 1. The van der Waals surface area contributed by atoms with Gasteiger partial charge in [0, 0.05) is 17.6 Å².